The van der Waals surface area contributed by atoms with Gasteiger partial charge in [-0.15, -0.1) is 18.2 Å². The van der Waals surface area contributed by atoms with Crippen molar-refractivity contribution in [3.05, 3.63) is 45.2 Å². The summed E-state index contributed by atoms with van der Waals surface area (Å²) < 4.78 is 39.3. The topological polar surface area (TPSA) is 34.9 Å². The molecule has 2 rings (SSSR count). The Balaban J connectivity index is 2.63. The zero-order valence-corrected chi connectivity index (χ0v) is 14.2. The van der Waals surface area contributed by atoms with Gasteiger partial charge in [-0.3, -0.25) is 9.48 Å². The Hall–Kier alpha value is -2.20. The van der Waals surface area contributed by atoms with Gasteiger partial charge >= 0.3 is 6.18 Å². The van der Waals surface area contributed by atoms with Gasteiger partial charge in [0.15, 0.2) is 0 Å². The van der Waals surface area contributed by atoms with Crippen LogP contribution in [0, 0.1) is 26.2 Å². The maximum Gasteiger partial charge on any atom is 0.433 e. The van der Waals surface area contributed by atoms with E-state index in [-0.39, 0.29) is 5.69 Å². The van der Waals surface area contributed by atoms with Gasteiger partial charge in [-0.05, 0) is 31.0 Å². The summed E-state index contributed by atoms with van der Waals surface area (Å²) >= 11 is 1.43. The lowest BCUT2D eigenvalue weighted by atomic mass is 10.0. The lowest BCUT2D eigenvalue weighted by molar-refractivity contribution is -0.144. The van der Waals surface area contributed by atoms with E-state index in [1.807, 2.05) is 13.0 Å². The Morgan fingerprint density at radius 1 is 1.25 bits per heavy atom. The Kier molecular flexibility index (Phi) is 5.09. The molecule has 0 aliphatic carbocycles. The monoisotopic (exact) mass is 352 g/mol. The van der Waals surface area contributed by atoms with Crippen LogP contribution in [0.25, 0.3) is 11.3 Å². The van der Waals surface area contributed by atoms with Crippen LogP contribution in [0.5, 0.6) is 0 Å². The molecule has 0 radical (unpaired) electrons. The average Bonchev–Trinajstić information content (AvgIpc) is 2.47. The fourth-order valence-corrected chi connectivity index (χ4v) is 3.08. The van der Waals surface area contributed by atoms with Crippen LogP contribution in [-0.4, -0.2) is 15.5 Å². The number of alkyl halides is 3. The van der Waals surface area contributed by atoms with Crippen LogP contribution in [0.1, 0.15) is 16.8 Å². The van der Waals surface area contributed by atoms with Crippen molar-refractivity contribution in [3.8, 4) is 23.6 Å². The van der Waals surface area contributed by atoms with Crippen molar-refractivity contribution >= 4 is 11.8 Å². The summed E-state index contributed by atoms with van der Waals surface area (Å²) in [5.74, 6) is 2.98. The van der Waals surface area contributed by atoms with Crippen LogP contribution in [0.4, 0.5) is 13.2 Å². The summed E-state index contributed by atoms with van der Waals surface area (Å²) in [4.78, 5) is 13.1. The van der Waals surface area contributed by atoms with Gasteiger partial charge in [0.2, 0.25) is 5.43 Å². The molecule has 1 aromatic heterocycles. The quantitative estimate of drug-likeness (QED) is 0.622. The second kappa shape index (κ2) is 6.73. The molecular weight excluding hydrogens is 337 g/mol. The molecule has 1 aromatic carbocycles. The number of aryl methyl sites for hydroxylation is 3. The number of hydrogen-bond donors (Lipinski definition) is 0. The van der Waals surface area contributed by atoms with Crippen LogP contribution in [0.3, 0.4) is 0 Å². The number of thioether (sulfide) groups is 1. The lowest BCUT2D eigenvalue weighted by Crippen LogP contribution is -2.22. The molecule has 0 aliphatic rings. The molecule has 0 spiro atoms. The van der Waals surface area contributed by atoms with E-state index in [1.165, 1.54) is 18.8 Å². The number of halogens is 3. The first-order valence-electron chi connectivity index (χ1n) is 6.98. The largest absolute Gasteiger partial charge is 0.433 e. The third-order valence-corrected chi connectivity index (χ3v) is 4.54. The first-order valence-corrected chi connectivity index (χ1v) is 7.97. The first-order chi connectivity index (χ1) is 11.1. The van der Waals surface area contributed by atoms with E-state index in [0.717, 1.165) is 16.0 Å². The van der Waals surface area contributed by atoms with E-state index in [0.29, 0.717) is 22.1 Å². The number of benzene rings is 1. The van der Waals surface area contributed by atoms with Crippen LogP contribution in [0.2, 0.25) is 0 Å². The highest BCUT2D eigenvalue weighted by molar-refractivity contribution is 7.99. The summed E-state index contributed by atoms with van der Waals surface area (Å²) in [5, 5.41) is 3.86. The number of terminal acetylenes is 1. The van der Waals surface area contributed by atoms with Gasteiger partial charge in [0.25, 0.3) is 0 Å². The van der Waals surface area contributed by atoms with Crippen LogP contribution < -0.4 is 5.43 Å². The van der Waals surface area contributed by atoms with Crippen LogP contribution in [-0.2, 0) is 13.2 Å². The molecule has 3 nitrogen and oxygen atoms in total. The Bertz CT molecular complexity index is 879. The van der Waals surface area contributed by atoms with Crippen LogP contribution in [0.15, 0.2) is 27.9 Å². The predicted octanol–water partition coefficient (Wildman–Crippen LogP) is 3.81. The van der Waals surface area contributed by atoms with E-state index in [4.69, 9.17) is 6.42 Å². The molecule has 0 fully saturated rings. The second-order valence-electron chi connectivity index (χ2n) is 5.29. The van der Waals surface area contributed by atoms with Gasteiger partial charge in [-0.1, -0.05) is 12.0 Å². The number of aromatic nitrogens is 2. The summed E-state index contributed by atoms with van der Waals surface area (Å²) in [6.07, 6.45) is 0.634. The standard InChI is InChI=1S/C17H15F3N2OS/c1-5-6-24-14-8-12(10(2)7-11(14)3)16-13(23)9-15(17(18,19)20)22(4)21-16/h1,7-9H,6H2,2-4H3. The van der Waals surface area contributed by atoms with Crippen molar-refractivity contribution < 1.29 is 13.2 Å². The summed E-state index contributed by atoms with van der Waals surface area (Å²) in [6.45, 7) is 3.70. The van der Waals surface area contributed by atoms with Crippen molar-refractivity contribution in [3.63, 3.8) is 0 Å². The molecule has 0 saturated carbocycles. The molecule has 24 heavy (non-hydrogen) atoms. The average molecular weight is 352 g/mol. The van der Waals surface area contributed by atoms with Gasteiger partial charge in [0.05, 0.1) is 5.75 Å². The van der Waals surface area contributed by atoms with E-state index >= 15 is 0 Å². The summed E-state index contributed by atoms with van der Waals surface area (Å²) in [7, 11) is 1.17. The van der Waals surface area contributed by atoms with Crippen LogP contribution >= 0.6 is 11.8 Å². The number of hydrogen-bond acceptors (Lipinski definition) is 3. The molecule has 0 aliphatic heterocycles. The predicted molar refractivity (Wildman–Crippen MR) is 88.9 cm³/mol. The van der Waals surface area contributed by atoms with Gasteiger partial charge in [0, 0.05) is 23.6 Å². The molecule has 7 heteroatoms. The zero-order valence-electron chi connectivity index (χ0n) is 13.4. The Labute approximate surface area is 141 Å². The highest BCUT2D eigenvalue weighted by Gasteiger charge is 2.34. The van der Waals surface area contributed by atoms with E-state index in [9.17, 15) is 18.0 Å². The molecule has 0 atom stereocenters. The highest BCUT2D eigenvalue weighted by Crippen LogP contribution is 2.31. The molecule has 0 saturated heterocycles. The fourth-order valence-electron chi connectivity index (χ4n) is 2.35. The molecule has 2 aromatic rings. The van der Waals surface area contributed by atoms with Gasteiger partial charge in [0.1, 0.15) is 11.4 Å². The Morgan fingerprint density at radius 2 is 1.92 bits per heavy atom. The number of nitrogens with zero attached hydrogens (tertiary/aromatic N) is 2. The molecule has 126 valence electrons. The van der Waals surface area contributed by atoms with Crippen molar-refractivity contribution in [2.24, 2.45) is 7.05 Å². The molecule has 0 N–H and O–H groups in total. The van der Waals surface area contributed by atoms with Crippen molar-refractivity contribution in [2.45, 2.75) is 24.9 Å². The Morgan fingerprint density at radius 3 is 2.50 bits per heavy atom. The lowest BCUT2D eigenvalue weighted by Gasteiger charge is -2.14. The van der Waals surface area contributed by atoms with Crippen molar-refractivity contribution in [1.29, 1.82) is 0 Å². The maximum absolute atomic E-state index is 12.9. The van der Waals surface area contributed by atoms with Gasteiger partial charge in [-0.25, -0.2) is 0 Å². The minimum absolute atomic E-state index is 0.00874. The smallest absolute Gasteiger partial charge is 0.287 e. The van der Waals surface area contributed by atoms with Crippen molar-refractivity contribution in [2.75, 3.05) is 5.75 Å². The SMILES string of the molecule is C#CCSc1cc(-c2nn(C)c(C(F)(F)F)cc2=O)c(C)cc1C. The minimum Gasteiger partial charge on any atom is -0.287 e. The third kappa shape index (κ3) is 3.65. The maximum atomic E-state index is 12.9. The second-order valence-corrected chi connectivity index (χ2v) is 6.31. The van der Waals surface area contributed by atoms with Crippen molar-refractivity contribution in [1.82, 2.24) is 9.78 Å². The normalized spacial score (nSPS) is 11.4. The third-order valence-electron chi connectivity index (χ3n) is 3.48. The summed E-state index contributed by atoms with van der Waals surface area (Å²) in [5.41, 5.74) is 0.408. The van der Waals surface area contributed by atoms with Gasteiger partial charge in [-0.2, -0.15) is 18.3 Å². The van der Waals surface area contributed by atoms with Gasteiger partial charge < -0.3 is 0 Å². The molecule has 0 bridgehead atoms. The summed E-state index contributed by atoms with van der Waals surface area (Å²) in [6, 6.07) is 4.20. The number of rotatable bonds is 3. The molecule has 0 unspecified atom stereocenters. The van der Waals surface area contributed by atoms with E-state index < -0.39 is 17.3 Å². The minimum atomic E-state index is -4.63. The molecule has 1 heterocycles. The highest BCUT2D eigenvalue weighted by atomic mass is 32.2. The first kappa shape index (κ1) is 18.1. The molecular formula is C17H15F3N2OS. The van der Waals surface area contributed by atoms with E-state index in [2.05, 4.69) is 11.0 Å². The zero-order chi connectivity index (χ0) is 18.1. The molecule has 0 amide bonds. The van der Waals surface area contributed by atoms with E-state index in [1.54, 1.807) is 13.0 Å². The fraction of sp³-hybridized carbons (Fsp3) is 0.294.